The van der Waals surface area contributed by atoms with Gasteiger partial charge in [0.2, 0.25) is 0 Å². The Labute approximate surface area is 151 Å². The second-order valence-electron chi connectivity index (χ2n) is 7.24. The van der Waals surface area contributed by atoms with Gasteiger partial charge in [-0.15, -0.1) is 0 Å². The van der Waals surface area contributed by atoms with Gasteiger partial charge in [0.25, 0.3) is 5.91 Å². The normalized spacial score (nSPS) is 20.2. The predicted octanol–water partition coefficient (Wildman–Crippen LogP) is 3.08. The van der Waals surface area contributed by atoms with Crippen LogP contribution in [0.15, 0.2) is 47.0 Å². The second-order valence-corrected chi connectivity index (χ2v) is 7.24. The zero-order chi connectivity index (χ0) is 17.5. The summed E-state index contributed by atoms with van der Waals surface area (Å²) >= 11 is 0. The van der Waals surface area contributed by atoms with E-state index in [0.29, 0.717) is 31.3 Å². The summed E-state index contributed by atoms with van der Waals surface area (Å²) in [6.45, 7) is 2.51. The van der Waals surface area contributed by atoms with Crippen LogP contribution in [-0.4, -0.2) is 39.8 Å². The molecule has 0 radical (unpaired) electrons. The molecule has 3 aromatic rings. The van der Waals surface area contributed by atoms with Gasteiger partial charge < -0.3 is 14.1 Å². The van der Waals surface area contributed by atoms with Crippen molar-refractivity contribution in [2.75, 3.05) is 13.2 Å². The number of ether oxygens (including phenoxy) is 1. The number of hydrogen-bond acceptors (Lipinski definition) is 4. The van der Waals surface area contributed by atoms with Crippen LogP contribution in [0.2, 0.25) is 0 Å². The number of nitrogens with zero attached hydrogens (tertiary/aromatic N) is 3. The van der Waals surface area contributed by atoms with E-state index in [4.69, 9.17) is 9.15 Å². The summed E-state index contributed by atoms with van der Waals surface area (Å²) in [6.07, 6.45) is 4.23. The van der Waals surface area contributed by atoms with Crippen molar-refractivity contribution < 1.29 is 13.9 Å². The highest BCUT2D eigenvalue weighted by molar-refractivity contribution is 5.96. The Morgan fingerprint density at radius 2 is 2.12 bits per heavy atom. The number of fused-ring (bicyclic) bond motifs is 2. The maximum absolute atomic E-state index is 13.1. The highest BCUT2D eigenvalue weighted by atomic mass is 16.5. The molecule has 0 spiro atoms. The lowest BCUT2D eigenvalue weighted by Crippen LogP contribution is -2.37. The largest absolute Gasteiger partial charge is 0.451 e. The van der Waals surface area contributed by atoms with Crippen molar-refractivity contribution >= 4 is 16.9 Å². The van der Waals surface area contributed by atoms with Gasteiger partial charge in [-0.3, -0.25) is 9.48 Å². The maximum Gasteiger partial charge on any atom is 0.290 e. The molecular weight excluding hydrogens is 330 g/mol. The molecule has 1 saturated carbocycles. The Bertz CT molecular complexity index is 908. The first-order chi connectivity index (χ1) is 12.8. The molecule has 1 fully saturated rings. The van der Waals surface area contributed by atoms with Crippen molar-refractivity contribution in [1.29, 1.82) is 0 Å². The molecule has 1 atom stereocenters. The molecule has 26 heavy (non-hydrogen) atoms. The van der Waals surface area contributed by atoms with Crippen molar-refractivity contribution in [3.63, 3.8) is 0 Å². The molecule has 6 nitrogen and oxygen atoms in total. The van der Waals surface area contributed by atoms with Crippen LogP contribution in [0.25, 0.3) is 11.0 Å². The molecule has 0 bridgehead atoms. The van der Waals surface area contributed by atoms with E-state index in [1.54, 1.807) is 6.20 Å². The maximum atomic E-state index is 13.1. The summed E-state index contributed by atoms with van der Waals surface area (Å²) in [4.78, 5) is 14.9. The highest BCUT2D eigenvalue weighted by Gasteiger charge is 2.30. The number of furan rings is 1. The molecule has 2 aromatic heterocycles. The van der Waals surface area contributed by atoms with E-state index >= 15 is 0 Å². The quantitative estimate of drug-likeness (QED) is 0.725. The number of carbonyl (C=O) groups is 1. The van der Waals surface area contributed by atoms with Crippen LogP contribution in [0.3, 0.4) is 0 Å². The number of aromatic nitrogens is 2. The van der Waals surface area contributed by atoms with Gasteiger partial charge in [0.15, 0.2) is 5.76 Å². The summed E-state index contributed by atoms with van der Waals surface area (Å²) in [5.41, 5.74) is 1.75. The standard InChI is InChI=1S/C20H21N3O3/c24-20(19-9-15-3-1-2-4-18(15)26-19)22-10-16-7-8-21-23(16)12-17(11-22)25-13-14-5-6-14/h1-4,7-9,14,17H,5-6,10-13H2. The molecular formula is C20H21N3O3. The minimum atomic E-state index is -0.101. The van der Waals surface area contributed by atoms with Crippen LogP contribution in [0.1, 0.15) is 29.1 Å². The zero-order valence-electron chi connectivity index (χ0n) is 14.5. The van der Waals surface area contributed by atoms with Crippen LogP contribution in [-0.2, 0) is 17.8 Å². The molecule has 2 aliphatic rings. The number of amides is 1. The minimum absolute atomic E-state index is 0.0509. The van der Waals surface area contributed by atoms with Gasteiger partial charge in [0.1, 0.15) is 5.58 Å². The fourth-order valence-corrected chi connectivity index (χ4v) is 3.48. The molecule has 6 heteroatoms. The van der Waals surface area contributed by atoms with E-state index in [1.807, 2.05) is 46.0 Å². The molecule has 5 rings (SSSR count). The lowest BCUT2D eigenvalue weighted by atomic mass is 10.2. The average Bonchev–Trinajstić information content (AvgIpc) is 3.28. The van der Waals surface area contributed by atoms with Crippen molar-refractivity contribution in [2.24, 2.45) is 5.92 Å². The van der Waals surface area contributed by atoms with Gasteiger partial charge in [-0.25, -0.2) is 0 Å². The Balaban J connectivity index is 1.40. The Kier molecular flexibility index (Phi) is 3.78. The molecule has 134 valence electrons. The third kappa shape index (κ3) is 3.01. The minimum Gasteiger partial charge on any atom is -0.451 e. The Morgan fingerprint density at radius 3 is 2.96 bits per heavy atom. The predicted molar refractivity (Wildman–Crippen MR) is 95.6 cm³/mol. The first kappa shape index (κ1) is 15.6. The number of rotatable bonds is 4. The topological polar surface area (TPSA) is 60.5 Å². The smallest absolute Gasteiger partial charge is 0.290 e. The first-order valence-corrected chi connectivity index (χ1v) is 9.16. The first-order valence-electron chi connectivity index (χ1n) is 9.16. The molecule has 1 unspecified atom stereocenters. The van der Waals surface area contributed by atoms with Crippen LogP contribution in [0.5, 0.6) is 0 Å². The van der Waals surface area contributed by atoms with E-state index in [9.17, 15) is 4.79 Å². The summed E-state index contributed by atoms with van der Waals surface area (Å²) in [5.74, 6) is 0.964. The molecule has 1 amide bonds. The second kappa shape index (κ2) is 6.29. The number of hydrogen-bond donors (Lipinski definition) is 0. The number of carbonyl (C=O) groups excluding carboxylic acids is 1. The molecule has 1 aliphatic carbocycles. The molecule has 1 aromatic carbocycles. The molecule has 1 aliphatic heterocycles. The fraction of sp³-hybridized carbons (Fsp3) is 0.400. The van der Waals surface area contributed by atoms with Crippen LogP contribution >= 0.6 is 0 Å². The lowest BCUT2D eigenvalue weighted by Gasteiger charge is -2.23. The van der Waals surface area contributed by atoms with Crippen molar-refractivity contribution in [1.82, 2.24) is 14.7 Å². The zero-order valence-corrected chi connectivity index (χ0v) is 14.5. The van der Waals surface area contributed by atoms with Gasteiger partial charge in [0.05, 0.1) is 24.9 Å². The van der Waals surface area contributed by atoms with Gasteiger partial charge >= 0.3 is 0 Å². The summed E-state index contributed by atoms with van der Waals surface area (Å²) in [6, 6.07) is 11.5. The monoisotopic (exact) mass is 351 g/mol. The van der Waals surface area contributed by atoms with Gasteiger partial charge in [0, 0.05) is 24.7 Å². The average molecular weight is 351 g/mol. The van der Waals surface area contributed by atoms with Crippen molar-refractivity contribution in [3.05, 3.63) is 54.0 Å². The van der Waals surface area contributed by atoms with Gasteiger partial charge in [-0.05, 0) is 37.0 Å². The molecule has 0 saturated heterocycles. The summed E-state index contributed by atoms with van der Waals surface area (Å²) in [5, 5.41) is 5.33. The summed E-state index contributed by atoms with van der Waals surface area (Å²) in [7, 11) is 0. The van der Waals surface area contributed by atoms with E-state index in [1.165, 1.54) is 12.8 Å². The van der Waals surface area contributed by atoms with Crippen molar-refractivity contribution in [3.8, 4) is 0 Å². The van der Waals surface area contributed by atoms with Crippen LogP contribution < -0.4 is 0 Å². The van der Waals surface area contributed by atoms with E-state index < -0.39 is 0 Å². The van der Waals surface area contributed by atoms with Crippen molar-refractivity contribution in [2.45, 2.75) is 32.0 Å². The Morgan fingerprint density at radius 1 is 1.23 bits per heavy atom. The van der Waals surface area contributed by atoms with E-state index in [2.05, 4.69) is 5.10 Å². The fourth-order valence-electron chi connectivity index (χ4n) is 3.48. The SMILES string of the molecule is O=C(c1cc2ccccc2o1)N1Cc2ccnn2CC(OCC2CC2)C1. The van der Waals surface area contributed by atoms with Gasteiger partial charge in [-0.2, -0.15) is 5.10 Å². The van der Waals surface area contributed by atoms with Crippen LogP contribution in [0, 0.1) is 5.92 Å². The number of benzene rings is 1. The lowest BCUT2D eigenvalue weighted by molar-refractivity contribution is 0.0129. The summed E-state index contributed by atoms with van der Waals surface area (Å²) < 4.78 is 13.8. The van der Waals surface area contributed by atoms with Crippen LogP contribution in [0.4, 0.5) is 0 Å². The molecule has 3 heterocycles. The number of para-hydroxylation sites is 1. The van der Waals surface area contributed by atoms with E-state index in [0.717, 1.165) is 23.3 Å². The van der Waals surface area contributed by atoms with Gasteiger partial charge in [-0.1, -0.05) is 18.2 Å². The van der Waals surface area contributed by atoms with E-state index in [-0.39, 0.29) is 12.0 Å². The third-order valence-corrected chi connectivity index (χ3v) is 5.15. The molecule has 0 N–H and O–H groups in total. The highest BCUT2D eigenvalue weighted by Crippen LogP contribution is 2.30. The Hall–Kier alpha value is -2.60. The third-order valence-electron chi connectivity index (χ3n) is 5.15.